The number of benzene rings is 1. The van der Waals surface area contributed by atoms with Gasteiger partial charge in [0.25, 0.3) is 5.91 Å². The number of H-pyrrole nitrogens is 1. The normalized spacial score (nSPS) is 12.4. The maximum absolute atomic E-state index is 12.7. The van der Waals surface area contributed by atoms with E-state index in [1.807, 2.05) is 66.2 Å². The molecular formula is C19H19N5OS. The minimum absolute atomic E-state index is 0.0164. The fourth-order valence-corrected chi connectivity index (χ4v) is 3.79. The monoisotopic (exact) mass is 365 g/mol. The number of amides is 1. The molecule has 3 heterocycles. The summed E-state index contributed by atoms with van der Waals surface area (Å²) in [4.78, 5) is 18.1. The highest BCUT2D eigenvalue weighted by Crippen LogP contribution is 2.23. The molecule has 4 aromatic rings. The van der Waals surface area contributed by atoms with Crippen molar-refractivity contribution < 1.29 is 4.79 Å². The third-order valence-electron chi connectivity index (χ3n) is 4.16. The molecule has 0 aliphatic carbocycles. The number of thiazole rings is 1. The van der Waals surface area contributed by atoms with Crippen molar-refractivity contribution in [2.24, 2.45) is 0 Å². The molecule has 1 unspecified atom stereocenters. The van der Waals surface area contributed by atoms with Crippen LogP contribution in [0.2, 0.25) is 0 Å². The van der Waals surface area contributed by atoms with Gasteiger partial charge < -0.3 is 5.32 Å². The van der Waals surface area contributed by atoms with E-state index < -0.39 is 0 Å². The molecule has 0 radical (unpaired) electrons. The van der Waals surface area contributed by atoms with E-state index in [9.17, 15) is 4.79 Å². The van der Waals surface area contributed by atoms with Crippen molar-refractivity contribution in [3.63, 3.8) is 0 Å². The molecule has 4 rings (SSSR count). The molecule has 0 bridgehead atoms. The number of aryl methyl sites for hydroxylation is 1. The van der Waals surface area contributed by atoms with Crippen molar-refractivity contribution >= 4 is 22.2 Å². The Kier molecular flexibility index (Phi) is 4.30. The van der Waals surface area contributed by atoms with E-state index in [0.717, 1.165) is 27.6 Å². The van der Waals surface area contributed by atoms with Gasteiger partial charge in [0.05, 0.1) is 11.4 Å². The smallest absolute Gasteiger partial charge is 0.269 e. The van der Waals surface area contributed by atoms with Gasteiger partial charge in [0.1, 0.15) is 5.69 Å². The van der Waals surface area contributed by atoms with E-state index in [0.29, 0.717) is 12.1 Å². The second-order valence-corrected chi connectivity index (χ2v) is 7.22. The lowest BCUT2D eigenvalue weighted by molar-refractivity contribution is 0.0934. The summed E-state index contributed by atoms with van der Waals surface area (Å²) in [6.07, 6.45) is 2.60. The molecule has 0 aliphatic rings. The number of aromatic amines is 1. The predicted molar refractivity (Wildman–Crippen MR) is 102 cm³/mol. The highest BCUT2D eigenvalue weighted by atomic mass is 32.1. The Morgan fingerprint density at radius 1 is 1.35 bits per heavy atom. The standard InChI is InChI=1S/C19H19N5OS/c1-12(8-15-9-13(2)22-23-15)20-18(25)17-11-26-19-21-16(10-24(17)19)14-6-4-3-5-7-14/h3-7,9-12H,8H2,1-2H3,(H,20,25)(H,22,23). The van der Waals surface area contributed by atoms with Gasteiger partial charge in [-0.05, 0) is 19.9 Å². The van der Waals surface area contributed by atoms with Crippen molar-refractivity contribution in [3.8, 4) is 11.3 Å². The first kappa shape index (κ1) is 16.5. The second-order valence-electron chi connectivity index (χ2n) is 6.39. The van der Waals surface area contributed by atoms with Crippen molar-refractivity contribution in [1.82, 2.24) is 24.9 Å². The molecule has 0 spiro atoms. The van der Waals surface area contributed by atoms with E-state index in [4.69, 9.17) is 0 Å². The number of imidazole rings is 1. The molecule has 26 heavy (non-hydrogen) atoms. The van der Waals surface area contributed by atoms with Gasteiger partial charge in [-0.2, -0.15) is 5.10 Å². The lowest BCUT2D eigenvalue weighted by Gasteiger charge is -2.12. The van der Waals surface area contributed by atoms with Gasteiger partial charge in [-0.25, -0.2) is 4.98 Å². The summed E-state index contributed by atoms with van der Waals surface area (Å²) in [5.41, 5.74) is 4.47. The van der Waals surface area contributed by atoms with Gasteiger partial charge >= 0.3 is 0 Å². The quantitative estimate of drug-likeness (QED) is 0.569. The van der Waals surface area contributed by atoms with Crippen LogP contribution in [-0.4, -0.2) is 31.5 Å². The molecule has 132 valence electrons. The number of nitrogens with one attached hydrogen (secondary N) is 2. The van der Waals surface area contributed by atoms with Gasteiger partial charge in [-0.15, -0.1) is 11.3 Å². The van der Waals surface area contributed by atoms with Crippen LogP contribution >= 0.6 is 11.3 Å². The highest BCUT2D eigenvalue weighted by molar-refractivity contribution is 7.15. The summed E-state index contributed by atoms with van der Waals surface area (Å²) < 4.78 is 1.85. The van der Waals surface area contributed by atoms with Crippen LogP contribution < -0.4 is 5.32 Å². The van der Waals surface area contributed by atoms with Crippen LogP contribution in [0.25, 0.3) is 16.2 Å². The summed E-state index contributed by atoms with van der Waals surface area (Å²) in [7, 11) is 0. The van der Waals surface area contributed by atoms with Crippen LogP contribution in [0.5, 0.6) is 0 Å². The Bertz CT molecular complexity index is 1050. The first-order valence-corrected chi connectivity index (χ1v) is 9.32. The van der Waals surface area contributed by atoms with Gasteiger partial charge in [0, 0.05) is 35.3 Å². The zero-order valence-corrected chi connectivity index (χ0v) is 15.4. The number of carbonyl (C=O) groups is 1. The topological polar surface area (TPSA) is 75.1 Å². The zero-order valence-electron chi connectivity index (χ0n) is 14.6. The van der Waals surface area contributed by atoms with Crippen molar-refractivity contribution in [2.75, 3.05) is 0 Å². The molecule has 3 aromatic heterocycles. The molecule has 0 saturated carbocycles. The third kappa shape index (κ3) is 3.25. The molecule has 1 atom stereocenters. The number of carbonyl (C=O) groups excluding carboxylic acids is 1. The predicted octanol–water partition coefficient (Wildman–Crippen LogP) is 3.46. The first-order chi connectivity index (χ1) is 12.6. The number of aromatic nitrogens is 4. The lowest BCUT2D eigenvalue weighted by Crippen LogP contribution is -2.34. The largest absolute Gasteiger partial charge is 0.348 e. The number of fused-ring (bicyclic) bond motifs is 1. The number of nitrogens with zero attached hydrogens (tertiary/aromatic N) is 3. The van der Waals surface area contributed by atoms with Gasteiger partial charge in [0.2, 0.25) is 0 Å². The molecule has 6 nitrogen and oxygen atoms in total. The molecule has 0 saturated heterocycles. The summed E-state index contributed by atoms with van der Waals surface area (Å²) in [6.45, 7) is 3.94. The van der Waals surface area contributed by atoms with E-state index in [-0.39, 0.29) is 11.9 Å². The average molecular weight is 365 g/mol. The molecule has 2 N–H and O–H groups in total. The fourth-order valence-electron chi connectivity index (χ4n) is 2.94. The third-order valence-corrected chi connectivity index (χ3v) is 5.00. The Balaban J connectivity index is 1.52. The average Bonchev–Trinajstić information content (AvgIpc) is 3.31. The maximum Gasteiger partial charge on any atom is 0.269 e. The maximum atomic E-state index is 12.7. The minimum atomic E-state index is -0.104. The van der Waals surface area contributed by atoms with Gasteiger partial charge in [-0.3, -0.25) is 14.3 Å². The molecular weight excluding hydrogens is 346 g/mol. The Labute approximate surface area is 154 Å². The lowest BCUT2D eigenvalue weighted by atomic mass is 10.1. The van der Waals surface area contributed by atoms with Crippen molar-refractivity contribution in [3.05, 3.63) is 65.1 Å². The molecule has 1 aromatic carbocycles. The van der Waals surface area contributed by atoms with E-state index in [2.05, 4.69) is 20.5 Å². The second kappa shape index (κ2) is 6.76. The molecule has 0 fully saturated rings. The summed E-state index contributed by atoms with van der Waals surface area (Å²) >= 11 is 1.47. The van der Waals surface area contributed by atoms with E-state index in [1.165, 1.54) is 11.3 Å². The Hall–Kier alpha value is -2.93. The van der Waals surface area contributed by atoms with E-state index in [1.54, 1.807) is 0 Å². The molecule has 0 aliphatic heterocycles. The highest BCUT2D eigenvalue weighted by Gasteiger charge is 2.17. The minimum Gasteiger partial charge on any atom is -0.348 e. The Morgan fingerprint density at radius 3 is 2.88 bits per heavy atom. The van der Waals surface area contributed by atoms with E-state index >= 15 is 0 Å². The SMILES string of the molecule is Cc1cc(CC(C)NC(=O)c2csc3nc(-c4ccccc4)cn23)n[nH]1. The van der Waals surface area contributed by atoms with Gasteiger partial charge in [-0.1, -0.05) is 30.3 Å². The number of rotatable bonds is 5. The first-order valence-electron chi connectivity index (χ1n) is 8.44. The summed E-state index contributed by atoms with van der Waals surface area (Å²) in [5.74, 6) is -0.104. The Morgan fingerprint density at radius 2 is 2.15 bits per heavy atom. The summed E-state index contributed by atoms with van der Waals surface area (Å²) in [6, 6.07) is 11.9. The van der Waals surface area contributed by atoms with Crippen LogP contribution in [0.3, 0.4) is 0 Å². The fraction of sp³-hybridized carbons (Fsp3) is 0.211. The molecule has 7 heteroatoms. The van der Waals surface area contributed by atoms with Crippen molar-refractivity contribution in [2.45, 2.75) is 26.3 Å². The van der Waals surface area contributed by atoms with Crippen LogP contribution in [-0.2, 0) is 6.42 Å². The summed E-state index contributed by atoms with van der Waals surface area (Å²) in [5, 5.41) is 12.0. The van der Waals surface area contributed by atoms with Crippen LogP contribution in [0, 0.1) is 6.92 Å². The van der Waals surface area contributed by atoms with Crippen molar-refractivity contribution in [1.29, 1.82) is 0 Å². The van der Waals surface area contributed by atoms with Crippen LogP contribution in [0.1, 0.15) is 28.8 Å². The number of hydrogen-bond acceptors (Lipinski definition) is 4. The van der Waals surface area contributed by atoms with Crippen LogP contribution in [0.15, 0.2) is 48.0 Å². The van der Waals surface area contributed by atoms with Gasteiger partial charge in [0.15, 0.2) is 4.96 Å². The molecule has 1 amide bonds. The van der Waals surface area contributed by atoms with Crippen LogP contribution in [0.4, 0.5) is 0 Å². The zero-order chi connectivity index (χ0) is 18.1. The number of hydrogen-bond donors (Lipinski definition) is 2.